The van der Waals surface area contributed by atoms with Gasteiger partial charge in [-0.3, -0.25) is 9.69 Å². The lowest BCUT2D eigenvalue weighted by molar-refractivity contribution is -0.133. The zero-order chi connectivity index (χ0) is 16.2. The summed E-state index contributed by atoms with van der Waals surface area (Å²) in [6.45, 7) is 3.07. The van der Waals surface area contributed by atoms with Gasteiger partial charge in [-0.1, -0.05) is 18.2 Å². The maximum Gasteiger partial charge on any atom is 0.222 e. The number of carbonyl (C=O) groups excluding carboxylic acids is 1. The summed E-state index contributed by atoms with van der Waals surface area (Å²) in [5, 5.41) is 9.99. The number of piperazine rings is 1. The first kappa shape index (κ1) is 16.4. The van der Waals surface area contributed by atoms with E-state index in [-0.39, 0.29) is 23.9 Å². The summed E-state index contributed by atoms with van der Waals surface area (Å²) in [4.78, 5) is 16.5. The lowest BCUT2D eigenvalue weighted by Crippen LogP contribution is -2.53. The molecule has 0 bridgehead atoms. The molecule has 2 atom stereocenters. The molecule has 2 fully saturated rings. The van der Waals surface area contributed by atoms with Crippen LogP contribution in [0.1, 0.15) is 31.2 Å². The van der Waals surface area contributed by atoms with Gasteiger partial charge in [-0.25, -0.2) is 4.39 Å². The van der Waals surface area contributed by atoms with Crippen LogP contribution in [0.5, 0.6) is 0 Å². The Morgan fingerprint density at radius 2 is 1.91 bits per heavy atom. The van der Waals surface area contributed by atoms with E-state index in [4.69, 9.17) is 0 Å². The second-order valence-electron chi connectivity index (χ2n) is 6.57. The molecule has 1 saturated carbocycles. The van der Waals surface area contributed by atoms with Crippen molar-refractivity contribution in [1.82, 2.24) is 9.80 Å². The van der Waals surface area contributed by atoms with Gasteiger partial charge >= 0.3 is 0 Å². The molecule has 1 N–H and O–H groups in total. The highest BCUT2D eigenvalue weighted by Gasteiger charge is 2.33. The van der Waals surface area contributed by atoms with Crippen molar-refractivity contribution in [3.05, 3.63) is 35.6 Å². The normalized spacial score (nSPS) is 25.7. The maximum absolute atomic E-state index is 13.6. The number of hydrogen-bond donors (Lipinski definition) is 1. The molecule has 3 rings (SSSR count). The highest BCUT2D eigenvalue weighted by Crippen LogP contribution is 2.25. The Kier molecular flexibility index (Phi) is 5.28. The first-order valence-electron chi connectivity index (χ1n) is 8.58. The van der Waals surface area contributed by atoms with Gasteiger partial charge in [0, 0.05) is 38.6 Å². The molecule has 1 heterocycles. The second-order valence-corrected chi connectivity index (χ2v) is 6.57. The number of benzene rings is 1. The van der Waals surface area contributed by atoms with Crippen LogP contribution in [0.2, 0.25) is 0 Å². The van der Waals surface area contributed by atoms with Gasteiger partial charge in [-0.2, -0.15) is 0 Å². The molecule has 1 aliphatic carbocycles. The number of amides is 1. The van der Waals surface area contributed by atoms with E-state index in [1.54, 1.807) is 18.2 Å². The minimum Gasteiger partial charge on any atom is -0.391 e. The Labute approximate surface area is 136 Å². The van der Waals surface area contributed by atoms with Crippen LogP contribution in [0, 0.1) is 5.82 Å². The molecule has 0 radical (unpaired) electrons. The Bertz CT molecular complexity index is 544. The molecular formula is C18H25FN2O2. The van der Waals surface area contributed by atoms with Gasteiger partial charge in [0.25, 0.3) is 0 Å². The first-order chi connectivity index (χ1) is 11.1. The van der Waals surface area contributed by atoms with Crippen molar-refractivity contribution in [2.45, 2.75) is 44.2 Å². The van der Waals surface area contributed by atoms with Crippen molar-refractivity contribution in [2.75, 3.05) is 26.2 Å². The first-order valence-corrected chi connectivity index (χ1v) is 8.58. The number of halogens is 1. The molecule has 1 amide bonds. The molecule has 0 aromatic heterocycles. The number of rotatable bonds is 4. The average molecular weight is 320 g/mol. The summed E-state index contributed by atoms with van der Waals surface area (Å²) in [6, 6.07) is 6.91. The van der Waals surface area contributed by atoms with Gasteiger partial charge in [0.15, 0.2) is 0 Å². The number of aliphatic hydroxyl groups excluding tert-OH is 1. The fraction of sp³-hybridized carbons (Fsp3) is 0.611. The molecule has 1 saturated heterocycles. The van der Waals surface area contributed by atoms with E-state index >= 15 is 0 Å². The number of aliphatic hydroxyl groups is 1. The van der Waals surface area contributed by atoms with Gasteiger partial charge in [-0.05, 0) is 37.3 Å². The molecule has 1 aliphatic heterocycles. The van der Waals surface area contributed by atoms with Gasteiger partial charge in [-0.15, -0.1) is 0 Å². The largest absolute Gasteiger partial charge is 0.391 e. The summed E-state index contributed by atoms with van der Waals surface area (Å²) in [5.74, 6) is -0.139. The van der Waals surface area contributed by atoms with Gasteiger partial charge in [0.1, 0.15) is 5.82 Å². The summed E-state index contributed by atoms with van der Waals surface area (Å²) in [6.07, 6.45) is 3.64. The minimum absolute atomic E-state index is 0.0971. The lowest BCUT2D eigenvalue weighted by Gasteiger charge is -2.39. The van der Waals surface area contributed by atoms with Crippen molar-refractivity contribution < 1.29 is 14.3 Å². The van der Waals surface area contributed by atoms with Crippen LogP contribution in [0.25, 0.3) is 0 Å². The molecule has 23 heavy (non-hydrogen) atoms. The fourth-order valence-electron chi connectivity index (χ4n) is 3.75. The molecule has 1 aromatic carbocycles. The topological polar surface area (TPSA) is 43.8 Å². The molecule has 2 aliphatic rings. The molecule has 5 heteroatoms. The Morgan fingerprint density at radius 3 is 2.57 bits per heavy atom. The third-order valence-electron chi connectivity index (χ3n) is 5.15. The van der Waals surface area contributed by atoms with Gasteiger partial charge < -0.3 is 10.0 Å². The number of aryl methyl sites for hydroxylation is 1. The summed E-state index contributed by atoms with van der Waals surface area (Å²) >= 11 is 0. The van der Waals surface area contributed by atoms with Crippen molar-refractivity contribution >= 4 is 5.91 Å². The highest BCUT2D eigenvalue weighted by molar-refractivity contribution is 5.76. The molecular weight excluding hydrogens is 295 g/mol. The van der Waals surface area contributed by atoms with E-state index in [0.717, 1.165) is 32.4 Å². The molecule has 126 valence electrons. The van der Waals surface area contributed by atoms with Crippen LogP contribution in [0.3, 0.4) is 0 Å². The standard InChI is InChI=1S/C18H25FN2O2/c19-15-5-2-1-4-14(15)8-9-18(23)21-12-10-20(11-13-21)16-6-3-7-17(16)22/h1-2,4-5,16-17,22H,3,6-13H2/t16-,17+/m0/s1. The van der Waals surface area contributed by atoms with Crippen LogP contribution >= 0.6 is 0 Å². The second kappa shape index (κ2) is 7.41. The van der Waals surface area contributed by atoms with Crippen molar-refractivity contribution in [3.8, 4) is 0 Å². The molecule has 0 spiro atoms. The van der Waals surface area contributed by atoms with Gasteiger partial charge in [0.05, 0.1) is 6.10 Å². The van der Waals surface area contributed by atoms with Crippen LogP contribution in [-0.2, 0) is 11.2 Å². The zero-order valence-electron chi connectivity index (χ0n) is 13.5. The van der Waals surface area contributed by atoms with Crippen molar-refractivity contribution in [1.29, 1.82) is 0 Å². The van der Waals surface area contributed by atoms with Crippen LogP contribution in [-0.4, -0.2) is 59.1 Å². The SMILES string of the molecule is O=C(CCc1ccccc1F)N1CCN([C@H]2CCC[C@H]2O)CC1. The highest BCUT2D eigenvalue weighted by atomic mass is 19.1. The lowest BCUT2D eigenvalue weighted by atomic mass is 10.1. The summed E-state index contributed by atoms with van der Waals surface area (Å²) in [7, 11) is 0. The fourth-order valence-corrected chi connectivity index (χ4v) is 3.75. The van der Waals surface area contributed by atoms with E-state index in [9.17, 15) is 14.3 Å². The number of carbonyl (C=O) groups is 1. The smallest absolute Gasteiger partial charge is 0.222 e. The van der Waals surface area contributed by atoms with Crippen LogP contribution in [0.4, 0.5) is 4.39 Å². The van der Waals surface area contributed by atoms with Gasteiger partial charge in [0.2, 0.25) is 5.91 Å². The maximum atomic E-state index is 13.6. The number of hydrogen-bond acceptors (Lipinski definition) is 3. The monoisotopic (exact) mass is 320 g/mol. The predicted molar refractivity (Wildman–Crippen MR) is 86.5 cm³/mol. The van der Waals surface area contributed by atoms with Crippen LogP contribution < -0.4 is 0 Å². The molecule has 1 aromatic rings. The third kappa shape index (κ3) is 3.90. The zero-order valence-corrected chi connectivity index (χ0v) is 13.5. The van der Waals surface area contributed by atoms with E-state index in [1.807, 2.05) is 4.90 Å². The summed E-state index contributed by atoms with van der Waals surface area (Å²) in [5.41, 5.74) is 0.605. The molecule has 4 nitrogen and oxygen atoms in total. The average Bonchev–Trinajstić information content (AvgIpc) is 3.00. The minimum atomic E-state index is -0.236. The third-order valence-corrected chi connectivity index (χ3v) is 5.15. The predicted octanol–water partition coefficient (Wildman–Crippen LogP) is 1.82. The van der Waals surface area contributed by atoms with Crippen LogP contribution in [0.15, 0.2) is 24.3 Å². The van der Waals surface area contributed by atoms with E-state index in [2.05, 4.69) is 4.90 Å². The Morgan fingerprint density at radius 1 is 1.17 bits per heavy atom. The van der Waals surface area contributed by atoms with Crippen molar-refractivity contribution in [3.63, 3.8) is 0 Å². The van der Waals surface area contributed by atoms with E-state index in [0.29, 0.717) is 31.5 Å². The van der Waals surface area contributed by atoms with E-state index in [1.165, 1.54) is 6.07 Å². The Hall–Kier alpha value is -1.46. The summed E-state index contributed by atoms with van der Waals surface area (Å²) < 4.78 is 13.6. The molecule has 0 unspecified atom stereocenters. The number of nitrogens with zero attached hydrogens (tertiary/aromatic N) is 2. The quantitative estimate of drug-likeness (QED) is 0.920. The van der Waals surface area contributed by atoms with E-state index < -0.39 is 0 Å². The Balaban J connectivity index is 1.46. The van der Waals surface area contributed by atoms with Crippen molar-refractivity contribution in [2.24, 2.45) is 0 Å².